The van der Waals surface area contributed by atoms with Gasteiger partial charge in [-0.15, -0.1) is 0 Å². The summed E-state index contributed by atoms with van der Waals surface area (Å²) < 4.78 is 39.2. The average molecular weight is 477 g/mol. The minimum absolute atomic E-state index is 0.0653. The fourth-order valence-electron chi connectivity index (χ4n) is 2.62. The van der Waals surface area contributed by atoms with Crippen molar-refractivity contribution in [2.75, 3.05) is 11.9 Å². The van der Waals surface area contributed by atoms with Crippen LogP contribution in [0.3, 0.4) is 0 Å². The lowest BCUT2D eigenvalue weighted by Crippen LogP contribution is -2.48. The van der Waals surface area contributed by atoms with E-state index in [4.69, 9.17) is 9.47 Å². The molecular weight excluding hydrogens is 444 g/mol. The van der Waals surface area contributed by atoms with Crippen LogP contribution in [-0.4, -0.2) is 44.1 Å². The van der Waals surface area contributed by atoms with Crippen molar-refractivity contribution in [3.8, 4) is 0 Å². The van der Waals surface area contributed by atoms with E-state index in [2.05, 4.69) is 10.0 Å². The maximum atomic E-state index is 12.9. The lowest BCUT2D eigenvalue weighted by Gasteiger charge is -2.27. The number of hydrogen-bond acceptors (Lipinski definition) is 6. The van der Waals surface area contributed by atoms with Gasteiger partial charge in [0, 0.05) is 11.3 Å². The zero-order valence-corrected chi connectivity index (χ0v) is 20.7. The first-order valence-corrected chi connectivity index (χ1v) is 12.0. The molecular formula is C24H32N2O6S. The molecule has 2 aromatic carbocycles. The van der Waals surface area contributed by atoms with Crippen molar-refractivity contribution in [1.29, 1.82) is 0 Å². The Morgan fingerprint density at radius 2 is 1.45 bits per heavy atom. The monoisotopic (exact) mass is 476 g/mol. The van der Waals surface area contributed by atoms with E-state index in [9.17, 15) is 18.0 Å². The summed E-state index contributed by atoms with van der Waals surface area (Å²) in [6, 6.07) is 13.1. The third kappa shape index (κ3) is 8.95. The van der Waals surface area contributed by atoms with Crippen molar-refractivity contribution in [2.24, 2.45) is 0 Å². The Hall–Kier alpha value is -2.75. The van der Waals surface area contributed by atoms with Crippen LogP contribution in [0.25, 0.3) is 0 Å². The molecule has 0 aliphatic rings. The minimum atomic E-state index is -4.07. The van der Waals surface area contributed by atoms with Crippen LogP contribution in [0.2, 0.25) is 0 Å². The standard InChI is InChI=1S/C24H32N2O6S/c1-23(2,3)31-16-20(22(28)32-24(4,5)6)26-33(29,30)19-14-12-18(13-15-19)25-21(27)17-10-8-7-9-11-17/h7-15,20,26H,16H2,1-6H3,(H,25,27)/t20-/m1/s1. The van der Waals surface area contributed by atoms with Gasteiger partial charge in [-0.3, -0.25) is 9.59 Å². The van der Waals surface area contributed by atoms with Crippen LogP contribution in [-0.2, 0) is 24.3 Å². The fraction of sp³-hybridized carbons (Fsp3) is 0.417. The Balaban J connectivity index is 2.15. The summed E-state index contributed by atoms with van der Waals surface area (Å²) in [5, 5.41) is 2.71. The molecule has 0 bridgehead atoms. The fourth-order valence-corrected chi connectivity index (χ4v) is 3.79. The molecule has 33 heavy (non-hydrogen) atoms. The van der Waals surface area contributed by atoms with Gasteiger partial charge in [0.1, 0.15) is 11.6 Å². The van der Waals surface area contributed by atoms with Crippen LogP contribution in [0.1, 0.15) is 51.9 Å². The molecule has 0 aliphatic carbocycles. The highest BCUT2D eigenvalue weighted by Crippen LogP contribution is 2.17. The van der Waals surface area contributed by atoms with Gasteiger partial charge in [0.05, 0.1) is 17.1 Å². The van der Waals surface area contributed by atoms with E-state index >= 15 is 0 Å². The summed E-state index contributed by atoms with van der Waals surface area (Å²) >= 11 is 0. The SMILES string of the molecule is CC(C)(C)OC[C@@H](NS(=O)(=O)c1ccc(NC(=O)c2ccccc2)cc1)C(=O)OC(C)(C)C. The van der Waals surface area contributed by atoms with Crippen LogP contribution < -0.4 is 10.0 Å². The second-order valence-corrected chi connectivity index (χ2v) is 11.2. The summed E-state index contributed by atoms with van der Waals surface area (Å²) in [4.78, 5) is 24.8. The maximum Gasteiger partial charge on any atom is 0.327 e. The number of rotatable bonds is 8. The first-order valence-electron chi connectivity index (χ1n) is 10.5. The second kappa shape index (κ2) is 10.5. The number of nitrogens with one attached hydrogen (secondary N) is 2. The molecule has 0 unspecified atom stereocenters. The van der Waals surface area contributed by atoms with Crippen LogP contribution >= 0.6 is 0 Å². The summed E-state index contributed by atoms with van der Waals surface area (Å²) in [5.74, 6) is -1.05. The highest BCUT2D eigenvalue weighted by Gasteiger charge is 2.31. The number of esters is 1. The molecule has 2 aromatic rings. The van der Waals surface area contributed by atoms with Gasteiger partial charge in [-0.25, -0.2) is 8.42 Å². The van der Waals surface area contributed by atoms with E-state index in [1.54, 1.807) is 71.9 Å². The third-order valence-electron chi connectivity index (χ3n) is 4.13. The van der Waals surface area contributed by atoms with Crippen LogP contribution in [0.4, 0.5) is 5.69 Å². The van der Waals surface area contributed by atoms with Gasteiger partial charge in [0.15, 0.2) is 0 Å². The smallest absolute Gasteiger partial charge is 0.327 e. The second-order valence-electron chi connectivity index (χ2n) is 9.48. The molecule has 8 nitrogen and oxygen atoms in total. The summed E-state index contributed by atoms with van der Waals surface area (Å²) in [5.41, 5.74) is -0.455. The number of carbonyl (C=O) groups is 2. The number of benzene rings is 2. The summed E-state index contributed by atoms with van der Waals surface area (Å²) in [6.07, 6.45) is 0. The number of ether oxygens (including phenoxy) is 2. The molecule has 0 heterocycles. The Kier molecular flexibility index (Phi) is 8.40. The molecule has 0 aliphatic heterocycles. The van der Waals surface area contributed by atoms with Gasteiger partial charge in [-0.2, -0.15) is 4.72 Å². The number of hydrogen-bond donors (Lipinski definition) is 2. The normalized spacial score (nSPS) is 13.3. The number of carbonyl (C=O) groups excluding carboxylic acids is 2. The third-order valence-corrected chi connectivity index (χ3v) is 5.62. The lowest BCUT2D eigenvalue weighted by molar-refractivity contribution is -0.159. The van der Waals surface area contributed by atoms with Gasteiger partial charge < -0.3 is 14.8 Å². The molecule has 2 rings (SSSR count). The molecule has 0 saturated heterocycles. The molecule has 1 amide bonds. The van der Waals surface area contributed by atoms with Crippen LogP contribution in [0.15, 0.2) is 59.5 Å². The first kappa shape index (κ1) is 26.5. The largest absolute Gasteiger partial charge is 0.459 e. The van der Waals surface area contributed by atoms with Crippen molar-refractivity contribution in [1.82, 2.24) is 4.72 Å². The van der Waals surface area contributed by atoms with Gasteiger partial charge >= 0.3 is 5.97 Å². The Morgan fingerprint density at radius 1 is 0.879 bits per heavy atom. The van der Waals surface area contributed by atoms with Crippen molar-refractivity contribution in [3.63, 3.8) is 0 Å². The lowest BCUT2D eigenvalue weighted by atomic mass is 10.2. The zero-order chi connectivity index (χ0) is 24.9. The average Bonchev–Trinajstić information content (AvgIpc) is 2.70. The topological polar surface area (TPSA) is 111 Å². The van der Waals surface area contributed by atoms with E-state index in [0.717, 1.165) is 0 Å². The Morgan fingerprint density at radius 3 is 1.97 bits per heavy atom. The van der Waals surface area contributed by atoms with E-state index < -0.39 is 33.2 Å². The van der Waals surface area contributed by atoms with Crippen LogP contribution in [0.5, 0.6) is 0 Å². The van der Waals surface area contributed by atoms with E-state index in [1.165, 1.54) is 24.3 Å². The van der Waals surface area contributed by atoms with E-state index in [1.807, 2.05) is 0 Å². The van der Waals surface area contributed by atoms with Crippen molar-refractivity contribution in [3.05, 3.63) is 60.2 Å². The van der Waals surface area contributed by atoms with Crippen molar-refractivity contribution < 1.29 is 27.5 Å². The predicted octanol–water partition coefficient (Wildman–Crippen LogP) is 3.74. The first-order chi connectivity index (χ1) is 15.2. The molecule has 9 heteroatoms. The highest BCUT2D eigenvalue weighted by molar-refractivity contribution is 7.89. The molecule has 0 spiro atoms. The van der Waals surface area contributed by atoms with Crippen molar-refractivity contribution in [2.45, 2.75) is 63.7 Å². The molecule has 180 valence electrons. The molecule has 0 radical (unpaired) electrons. The Bertz CT molecular complexity index is 1050. The quantitative estimate of drug-likeness (QED) is 0.562. The van der Waals surface area contributed by atoms with Gasteiger partial charge in [-0.05, 0) is 77.9 Å². The number of sulfonamides is 1. The minimum Gasteiger partial charge on any atom is -0.459 e. The van der Waals surface area contributed by atoms with Gasteiger partial charge in [0.2, 0.25) is 10.0 Å². The van der Waals surface area contributed by atoms with Gasteiger partial charge in [0.25, 0.3) is 5.91 Å². The van der Waals surface area contributed by atoms with Gasteiger partial charge in [-0.1, -0.05) is 18.2 Å². The molecule has 0 saturated carbocycles. The van der Waals surface area contributed by atoms with E-state index in [-0.39, 0.29) is 17.4 Å². The molecule has 0 aromatic heterocycles. The molecule has 0 fully saturated rings. The number of amides is 1. The zero-order valence-electron chi connectivity index (χ0n) is 19.8. The number of anilines is 1. The van der Waals surface area contributed by atoms with Crippen molar-refractivity contribution >= 4 is 27.6 Å². The summed E-state index contributed by atoms with van der Waals surface area (Å²) in [6.45, 7) is 10.3. The predicted molar refractivity (Wildman–Crippen MR) is 126 cm³/mol. The van der Waals surface area contributed by atoms with E-state index in [0.29, 0.717) is 11.3 Å². The molecule has 2 N–H and O–H groups in total. The summed E-state index contributed by atoms with van der Waals surface area (Å²) in [7, 11) is -4.07. The highest BCUT2D eigenvalue weighted by atomic mass is 32.2. The Labute approximate surface area is 195 Å². The maximum absolute atomic E-state index is 12.9. The van der Waals surface area contributed by atoms with Crippen LogP contribution in [0, 0.1) is 0 Å². The molecule has 1 atom stereocenters.